The lowest BCUT2D eigenvalue weighted by atomic mass is 10.1. The number of hydrogen-bond donors (Lipinski definition) is 2. The van der Waals surface area contributed by atoms with Gasteiger partial charge < -0.3 is 20.1 Å². The van der Waals surface area contributed by atoms with Crippen LogP contribution in [0.3, 0.4) is 0 Å². The molecule has 2 atom stereocenters. The third-order valence-electron chi connectivity index (χ3n) is 4.30. The lowest BCUT2D eigenvalue weighted by Crippen LogP contribution is -2.37. The molecule has 0 aliphatic carbocycles. The predicted octanol–water partition coefficient (Wildman–Crippen LogP) is 2.99. The highest BCUT2D eigenvalue weighted by Crippen LogP contribution is 2.39. The second-order valence-corrected chi connectivity index (χ2v) is 6.55. The van der Waals surface area contributed by atoms with Gasteiger partial charge in [-0.3, -0.25) is 4.79 Å². The minimum atomic E-state index is -4.50. The van der Waals surface area contributed by atoms with E-state index in [2.05, 4.69) is 15.7 Å². The first kappa shape index (κ1) is 20.5. The normalized spacial score (nSPS) is 18.4. The average Bonchev–Trinajstić information content (AvgIpc) is 3.09. The number of esters is 1. The topological polar surface area (TPSA) is 94.5 Å². The molecule has 2 heterocycles. The van der Waals surface area contributed by atoms with Crippen molar-refractivity contribution in [3.63, 3.8) is 0 Å². The molecule has 0 bridgehead atoms. The van der Waals surface area contributed by atoms with Crippen LogP contribution in [0.2, 0.25) is 0 Å². The van der Waals surface area contributed by atoms with E-state index in [0.717, 1.165) is 4.68 Å². The number of aromatic nitrogens is 2. The van der Waals surface area contributed by atoms with Gasteiger partial charge in [-0.1, -0.05) is 0 Å². The van der Waals surface area contributed by atoms with E-state index >= 15 is 0 Å². The maximum Gasteiger partial charge on any atom is 0.410 e. The number of benzene rings is 1. The maximum atomic E-state index is 13.2. The van der Waals surface area contributed by atoms with Crippen LogP contribution in [0, 0.1) is 0 Å². The minimum Gasteiger partial charge on any atom is -0.497 e. The molecule has 1 aromatic heterocycles. The van der Waals surface area contributed by atoms with Crippen molar-refractivity contribution in [2.24, 2.45) is 0 Å². The van der Waals surface area contributed by atoms with Crippen LogP contribution < -0.4 is 15.4 Å². The molecular weight excluding hydrogens is 393 g/mol. The fourth-order valence-corrected chi connectivity index (χ4v) is 2.93. The summed E-state index contributed by atoms with van der Waals surface area (Å²) in [5, 5.41) is 9.10. The van der Waals surface area contributed by atoms with Crippen molar-refractivity contribution in [3.8, 4) is 5.75 Å². The smallest absolute Gasteiger partial charge is 0.410 e. The Morgan fingerprint density at radius 1 is 1.31 bits per heavy atom. The molecule has 8 nitrogen and oxygen atoms in total. The van der Waals surface area contributed by atoms with E-state index in [1.807, 2.05) is 0 Å². The molecule has 11 heteroatoms. The maximum absolute atomic E-state index is 13.2. The molecule has 156 valence electrons. The molecule has 1 aromatic carbocycles. The standard InChI is InChI=1S/C18H19F3N4O4/c1-10-7-14(18(19,20)21)25-15(22-10)8-13(24-25)17(27)29-9-16(26)23-11-3-5-12(28-2)6-4-11/h3-6,8,10,14,22H,7,9H2,1-2H3,(H,23,26)/t10-,14-/m1/s1. The van der Waals surface area contributed by atoms with Crippen molar-refractivity contribution >= 4 is 23.4 Å². The number of nitrogens with zero attached hydrogens (tertiary/aromatic N) is 2. The number of hydrogen-bond acceptors (Lipinski definition) is 6. The predicted molar refractivity (Wildman–Crippen MR) is 96.9 cm³/mol. The summed E-state index contributed by atoms with van der Waals surface area (Å²) in [4.78, 5) is 24.1. The number of ether oxygens (including phenoxy) is 2. The summed E-state index contributed by atoms with van der Waals surface area (Å²) in [6.45, 7) is 0.996. The third-order valence-corrected chi connectivity index (χ3v) is 4.30. The minimum absolute atomic E-state index is 0.0701. The van der Waals surface area contributed by atoms with Gasteiger partial charge in [0.15, 0.2) is 18.3 Å². The Balaban J connectivity index is 1.62. The highest BCUT2D eigenvalue weighted by atomic mass is 19.4. The Morgan fingerprint density at radius 3 is 2.62 bits per heavy atom. The van der Waals surface area contributed by atoms with Crippen molar-refractivity contribution in [2.75, 3.05) is 24.4 Å². The van der Waals surface area contributed by atoms with E-state index in [1.54, 1.807) is 31.2 Å². The lowest BCUT2D eigenvalue weighted by Gasteiger charge is -2.31. The quantitative estimate of drug-likeness (QED) is 0.734. The van der Waals surface area contributed by atoms with Crippen molar-refractivity contribution in [1.82, 2.24) is 9.78 Å². The summed E-state index contributed by atoms with van der Waals surface area (Å²) >= 11 is 0. The second kappa shape index (κ2) is 8.02. The van der Waals surface area contributed by atoms with Gasteiger partial charge in [0.2, 0.25) is 0 Å². The summed E-state index contributed by atoms with van der Waals surface area (Å²) in [5.74, 6) is -0.918. The van der Waals surface area contributed by atoms with Crippen LogP contribution in [0.4, 0.5) is 24.7 Å². The van der Waals surface area contributed by atoms with Crippen LogP contribution in [0.25, 0.3) is 0 Å². The van der Waals surface area contributed by atoms with E-state index in [1.165, 1.54) is 13.2 Å². The highest BCUT2D eigenvalue weighted by Gasteiger charge is 2.45. The molecule has 3 rings (SSSR count). The van der Waals surface area contributed by atoms with E-state index in [4.69, 9.17) is 9.47 Å². The van der Waals surface area contributed by atoms with Crippen LogP contribution >= 0.6 is 0 Å². The summed E-state index contributed by atoms with van der Waals surface area (Å²) < 4.78 is 50.3. The molecule has 2 aromatic rings. The van der Waals surface area contributed by atoms with Gasteiger partial charge in [-0.05, 0) is 37.6 Å². The lowest BCUT2D eigenvalue weighted by molar-refractivity contribution is -0.173. The third kappa shape index (κ3) is 4.79. The zero-order valence-corrected chi connectivity index (χ0v) is 15.6. The summed E-state index contributed by atoms with van der Waals surface area (Å²) in [6, 6.07) is 5.39. The van der Waals surface area contributed by atoms with Crippen molar-refractivity contribution < 1.29 is 32.2 Å². The van der Waals surface area contributed by atoms with Crippen LogP contribution in [-0.2, 0) is 9.53 Å². The number of carbonyl (C=O) groups is 2. The molecule has 2 N–H and O–H groups in total. The van der Waals surface area contributed by atoms with E-state index < -0.39 is 36.7 Å². The molecule has 29 heavy (non-hydrogen) atoms. The first-order chi connectivity index (χ1) is 13.7. The molecule has 1 aliphatic rings. The largest absolute Gasteiger partial charge is 0.497 e. The van der Waals surface area contributed by atoms with Gasteiger partial charge in [0.1, 0.15) is 11.6 Å². The second-order valence-electron chi connectivity index (χ2n) is 6.55. The number of methoxy groups -OCH3 is 1. The number of carbonyl (C=O) groups excluding carboxylic acids is 2. The number of halogens is 3. The SMILES string of the molecule is COc1ccc(NC(=O)COC(=O)c2cc3n(n2)[C@@H](C(F)(F)F)C[C@@H](C)N3)cc1. The Hall–Kier alpha value is -3.24. The fourth-order valence-electron chi connectivity index (χ4n) is 2.93. The summed E-state index contributed by atoms with van der Waals surface area (Å²) in [7, 11) is 1.51. The number of fused-ring (bicyclic) bond motifs is 1. The first-order valence-corrected chi connectivity index (χ1v) is 8.71. The molecule has 0 fully saturated rings. The van der Waals surface area contributed by atoms with E-state index in [0.29, 0.717) is 11.4 Å². The molecule has 0 saturated heterocycles. The molecule has 1 aliphatic heterocycles. The van der Waals surface area contributed by atoms with Gasteiger partial charge in [0.25, 0.3) is 5.91 Å². The average molecular weight is 412 g/mol. The summed E-state index contributed by atoms with van der Waals surface area (Å²) in [6.07, 6.45) is -4.71. The van der Waals surface area contributed by atoms with Crippen LogP contribution in [0.5, 0.6) is 5.75 Å². The van der Waals surface area contributed by atoms with Crippen molar-refractivity contribution in [1.29, 1.82) is 0 Å². The van der Waals surface area contributed by atoms with Gasteiger partial charge in [-0.2, -0.15) is 18.3 Å². The van der Waals surface area contributed by atoms with Gasteiger partial charge in [-0.25, -0.2) is 9.48 Å². The molecule has 1 amide bonds. The Labute approximate surface area is 164 Å². The van der Waals surface area contributed by atoms with Gasteiger partial charge in [0.05, 0.1) is 7.11 Å². The van der Waals surface area contributed by atoms with Crippen LogP contribution in [0.1, 0.15) is 29.9 Å². The number of amides is 1. The zero-order chi connectivity index (χ0) is 21.2. The Kier molecular flexibility index (Phi) is 5.66. The van der Waals surface area contributed by atoms with E-state index in [9.17, 15) is 22.8 Å². The van der Waals surface area contributed by atoms with Gasteiger partial charge >= 0.3 is 12.1 Å². The molecule has 0 unspecified atom stereocenters. The first-order valence-electron chi connectivity index (χ1n) is 8.71. The van der Waals surface area contributed by atoms with Gasteiger partial charge in [-0.15, -0.1) is 0 Å². The Bertz CT molecular complexity index is 896. The van der Waals surface area contributed by atoms with Crippen LogP contribution in [0.15, 0.2) is 30.3 Å². The fraction of sp³-hybridized carbons (Fsp3) is 0.389. The monoisotopic (exact) mass is 412 g/mol. The number of alkyl halides is 3. The van der Waals surface area contributed by atoms with Gasteiger partial charge in [0, 0.05) is 17.8 Å². The molecule has 0 saturated carbocycles. The number of rotatable bonds is 5. The van der Waals surface area contributed by atoms with Crippen LogP contribution in [-0.4, -0.2) is 47.6 Å². The molecular formula is C18H19F3N4O4. The molecule has 0 spiro atoms. The number of nitrogens with one attached hydrogen (secondary N) is 2. The van der Waals surface area contributed by atoms with Crippen molar-refractivity contribution in [3.05, 3.63) is 36.0 Å². The Morgan fingerprint density at radius 2 is 2.00 bits per heavy atom. The summed E-state index contributed by atoms with van der Waals surface area (Å²) in [5.41, 5.74) is 0.156. The number of anilines is 2. The van der Waals surface area contributed by atoms with E-state index in [-0.39, 0.29) is 17.9 Å². The highest BCUT2D eigenvalue weighted by molar-refractivity contribution is 5.95. The zero-order valence-electron chi connectivity index (χ0n) is 15.6. The van der Waals surface area contributed by atoms with Crippen molar-refractivity contribution in [2.45, 2.75) is 31.6 Å². The molecule has 0 radical (unpaired) electrons.